The van der Waals surface area contributed by atoms with Gasteiger partial charge in [-0.3, -0.25) is 19.3 Å². The molecule has 7 nitrogen and oxygen atoms in total. The maximum atomic E-state index is 12.8. The normalized spacial score (nSPS) is 14.4. The van der Waals surface area contributed by atoms with E-state index in [0.717, 1.165) is 22.2 Å². The lowest BCUT2D eigenvalue weighted by Crippen LogP contribution is -2.36. The number of hydrogen-bond acceptors (Lipinski definition) is 6. The topological polar surface area (TPSA) is 84.9 Å². The number of thioether (sulfide) groups is 1. The molecule has 172 valence electrons. The van der Waals surface area contributed by atoms with Crippen molar-refractivity contribution in [2.45, 2.75) is 6.61 Å². The molecule has 0 aromatic heterocycles. The third-order valence-corrected chi connectivity index (χ3v) is 5.86. The molecule has 3 amide bonds. The van der Waals surface area contributed by atoms with Gasteiger partial charge in [-0.15, -0.1) is 0 Å². The summed E-state index contributed by atoms with van der Waals surface area (Å²) in [7, 11) is 1.54. The first kappa shape index (κ1) is 23.1. The van der Waals surface area contributed by atoms with Gasteiger partial charge < -0.3 is 14.8 Å². The number of carbonyl (C=O) groups is 3. The van der Waals surface area contributed by atoms with Gasteiger partial charge in [0.15, 0.2) is 11.5 Å². The summed E-state index contributed by atoms with van der Waals surface area (Å²) in [6.45, 7) is 0.0347. The highest BCUT2D eigenvalue weighted by Crippen LogP contribution is 2.34. The SMILES string of the molecule is COc1cc(/C=C2\SC(=O)N(CC(=O)Nc3ccccc3)C2=O)ccc1OCc1ccccc1. The van der Waals surface area contributed by atoms with Crippen molar-refractivity contribution in [1.29, 1.82) is 0 Å². The number of rotatable bonds is 8. The fraction of sp³-hybridized carbons (Fsp3) is 0.115. The standard InChI is InChI=1S/C26H22N2O5S/c1-32-22-14-19(12-13-21(22)33-17-18-8-4-2-5-9-18)15-23-25(30)28(26(31)34-23)16-24(29)27-20-10-6-3-7-11-20/h2-15H,16-17H2,1H3,(H,27,29)/b23-15-. The smallest absolute Gasteiger partial charge is 0.294 e. The Labute approximate surface area is 201 Å². The molecule has 1 N–H and O–H groups in total. The molecule has 1 heterocycles. The lowest BCUT2D eigenvalue weighted by Gasteiger charge is -2.12. The molecule has 3 aromatic carbocycles. The Hall–Kier alpha value is -4.04. The number of carbonyl (C=O) groups excluding carboxylic acids is 3. The molecular weight excluding hydrogens is 452 g/mol. The molecule has 1 aliphatic rings. The van der Waals surface area contributed by atoms with E-state index >= 15 is 0 Å². The van der Waals surface area contributed by atoms with Gasteiger partial charge in [0.05, 0.1) is 12.0 Å². The first-order valence-corrected chi connectivity index (χ1v) is 11.3. The molecule has 1 fully saturated rings. The molecule has 0 atom stereocenters. The van der Waals surface area contributed by atoms with E-state index in [4.69, 9.17) is 9.47 Å². The zero-order chi connectivity index (χ0) is 23.9. The number of hydrogen-bond donors (Lipinski definition) is 1. The molecule has 0 unspecified atom stereocenters. The van der Waals surface area contributed by atoms with Crippen LogP contribution in [0, 0.1) is 0 Å². The van der Waals surface area contributed by atoms with Crippen molar-refractivity contribution >= 4 is 40.6 Å². The summed E-state index contributed by atoms with van der Waals surface area (Å²) < 4.78 is 11.3. The van der Waals surface area contributed by atoms with E-state index in [1.165, 1.54) is 7.11 Å². The first-order chi connectivity index (χ1) is 16.5. The van der Waals surface area contributed by atoms with E-state index in [1.54, 1.807) is 48.5 Å². The van der Waals surface area contributed by atoms with Crippen LogP contribution >= 0.6 is 11.8 Å². The molecule has 0 saturated carbocycles. The summed E-state index contributed by atoms with van der Waals surface area (Å²) in [4.78, 5) is 38.6. The molecule has 0 spiro atoms. The van der Waals surface area contributed by atoms with Gasteiger partial charge in [0.2, 0.25) is 5.91 Å². The lowest BCUT2D eigenvalue weighted by molar-refractivity contribution is -0.127. The molecule has 3 aromatic rings. The van der Waals surface area contributed by atoms with Crippen LogP contribution < -0.4 is 14.8 Å². The summed E-state index contributed by atoms with van der Waals surface area (Å²) in [6.07, 6.45) is 1.60. The van der Waals surface area contributed by atoms with Crippen LogP contribution in [0.15, 0.2) is 83.8 Å². The van der Waals surface area contributed by atoms with E-state index in [-0.39, 0.29) is 11.4 Å². The van der Waals surface area contributed by atoms with E-state index in [0.29, 0.717) is 29.4 Å². The molecule has 0 radical (unpaired) electrons. The maximum absolute atomic E-state index is 12.8. The van der Waals surface area contributed by atoms with Crippen molar-refractivity contribution in [3.05, 3.63) is 94.9 Å². The van der Waals surface area contributed by atoms with Crippen molar-refractivity contribution in [3.63, 3.8) is 0 Å². The van der Waals surface area contributed by atoms with Crippen LogP contribution in [0.4, 0.5) is 10.5 Å². The Morgan fingerprint density at radius 2 is 1.68 bits per heavy atom. The van der Waals surface area contributed by atoms with Gasteiger partial charge in [0.25, 0.3) is 11.1 Å². The van der Waals surface area contributed by atoms with Gasteiger partial charge in [-0.1, -0.05) is 54.6 Å². The molecular formula is C26H22N2O5S. The number of nitrogens with zero attached hydrogens (tertiary/aromatic N) is 1. The minimum Gasteiger partial charge on any atom is -0.493 e. The quantitative estimate of drug-likeness (QED) is 0.465. The van der Waals surface area contributed by atoms with Crippen LogP contribution in [0.5, 0.6) is 11.5 Å². The van der Waals surface area contributed by atoms with Crippen molar-refractivity contribution in [2.24, 2.45) is 0 Å². The number of anilines is 1. The molecule has 1 saturated heterocycles. The second-order valence-electron chi connectivity index (χ2n) is 7.37. The zero-order valence-electron chi connectivity index (χ0n) is 18.4. The van der Waals surface area contributed by atoms with Gasteiger partial charge in [0.1, 0.15) is 13.2 Å². The number of ether oxygens (including phenoxy) is 2. The third kappa shape index (κ3) is 5.65. The predicted molar refractivity (Wildman–Crippen MR) is 132 cm³/mol. The van der Waals surface area contributed by atoms with E-state index in [9.17, 15) is 14.4 Å². The average Bonchev–Trinajstić information content (AvgIpc) is 3.11. The van der Waals surface area contributed by atoms with E-state index in [2.05, 4.69) is 5.32 Å². The van der Waals surface area contributed by atoms with E-state index in [1.807, 2.05) is 36.4 Å². The highest BCUT2D eigenvalue weighted by molar-refractivity contribution is 8.18. The van der Waals surface area contributed by atoms with Crippen LogP contribution in [-0.4, -0.2) is 35.6 Å². The van der Waals surface area contributed by atoms with Gasteiger partial charge >= 0.3 is 0 Å². The zero-order valence-corrected chi connectivity index (χ0v) is 19.2. The summed E-state index contributed by atoms with van der Waals surface area (Å²) in [5.74, 6) is 0.109. The fourth-order valence-electron chi connectivity index (χ4n) is 3.28. The summed E-state index contributed by atoms with van der Waals surface area (Å²) >= 11 is 0.797. The van der Waals surface area contributed by atoms with Crippen molar-refractivity contribution in [1.82, 2.24) is 4.90 Å². The largest absolute Gasteiger partial charge is 0.493 e. The van der Waals surface area contributed by atoms with Crippen LogP contribution in [0.25, 0.3) is 6.08 Å². The van der Waals surface area contributed by atoms with Gasteiger partial charge in [-0.2, -0.15) is 0 Å². The van der Waals surface area contributed by atoms with Gasteiger partial charge in [-0.05, 0) is 53.2 Å². The number of amides is 3. The summed E-state index contributed by atoms with van der Waals surface area (Å²) in [6, 6.07) is 23.9. The third-order valence-electron chi connectivity index (χ3n) is 4.96. The second kappa shape index (κ2) is 10.7. The number of para-hydroxylation sites is 1. The summed E-state index contributed by atoms with van der Waals surface area (Å²) in [5.41, 5.74) is 2.29. The minimum absolute atomic E-state index is 0.234. The maximum Gasteiger partial charge on any atom is 0.294 e. The Morgan fingerprint density at radius 1 is 0.971 bits per heavy atom. The average molecular weight is 475 g/mol. The molecule has 1 aliphatic heterocycles. The lowest BCUT2D eigenvalue weighted by atomic mass is 10.1. The number of benzene rings is 3. The van der Waals surface area contributed by atoms with E-state index < -0.39 is 17.1 Å². The highest BCUT2D eigenvalue weighted by Gasteiger charge is 2.36. The molecule has 0 aliphatic carbocycles. The second-order valence-corrected chi connectivity index (χ2v) is 8.36. The Morgan fingerprint density at radius 3 is 2.38 bits per heavy atom. The van der Waals surface area contributed by atoms with Crippen molar-refractivity contribution in [3.8, 4) is 11.5 Å². The summed E-state index contributed by atoms with van der Waals surface area (Å²) in [5, 5.41) is 2.18. The number of nitrogens with one attached hydrogen (secondary N) is 1. The number of methoxy groups -OCH3 is 1. The molecule has 4 rings (SSSR count). The molecule has 8 heteroatoms. The Balaban J connectivity index is 1.43. The van der Waals surface area contributed by atoms with Gasteiger partial charge in [-0.25, -0.2) is 0 Å². The van der Waals surface area contributed by atoms with Crippen LogP contribution in [0.1, 0.15) is 11.1 Å². The number of imide groups is 1. The fourth-order valence-corrected chi connectivity index (χ4v) is 4.12. The Bertz CT molecular complexity index is 1230. The van der Waals surface area contributed by atoms with Crippen LogP contribution in [0.2, 0.25) is 0 Å². The highest BCUT2D eigenvalue weighted by atomic mass is 32.2. The predicted octanol–water partition coefficient (Wildman–Crippen LogP) is 4.95. The van der Waals surface area contributed by atoms with Crippen molar-refractivity contribution in [2.75, 3.05) is 19.0 Å². The minimum atomic E-state index is -0.512. The first-order valence-electron chi connectivity index (χ1n) is 10.5. The van der Waals surface area contributed by atoms with Crippen LogP contribution in [-0.2, 0) is 16.2 Å². The van der Waals surface area contributed by atoms with Gasteiger partial charge in [0, 0.05) is 5.69 Å². The van der Waals surface area contributed by atoms with Crippen LogP contribution in [0.3, 0.4) is 0 Å². The molecule has 34 heavy (non-hydrogen) atoms. The monoisotopic (exact) mass is 474 g/mol. The van der Waals surface area contributed by atoms with Crippen molar-refractivity contribution < 1.29 is 23.9 Å². The molecule has 0 bridgehead atoms. The Kier molecular flexibility index (Phi) is 7.29.